The highest BCUT2D eigenvalue weighted by Crippen LogP contribution is 2.27. The lowest BCUT2D eigenvalue weighted by Crippen LogP contribution is -2.52. The van der Waals surface area contributed by atoms with Crippen molar-refractivity contribution in [2.45, 2.75) is 50.6 Å². The molecule has 10 nitrogen and oxygen atoms in total. The van der Waals surface area contributed by atoms with Gasteiger partial charge in [-0.3, -0.25) is 24.0 Å². The molecule has 0 unspecified atom stereocenters. The third-order valence-electron chi connectivity index (χ3n) is 6.35. The molecule has 0 aliphatic heterocycles. The van der Waals surface area contributed by atoms with E-state index in [0.29, 0.717) is 13.0 Å². The number of sulfonamides is 1. The van der Waals surface area contributed by atoms with Crippen molar-refractivity contribution in [3.63, 3.8) is 0 Å². The zero-order valence-electron chi connectivity index (χ0n) is 22.6. The van der Waals surface area contributed by atoms with Crippen LogP contribution in [0.4, 0.5) is 11.4 Å². The summed E-state index contributed by atoms with van der Waals surface area (Å²) < 4.78 is 28.4. The average molecular weight is 567 g/mol. The van der Waals surface area contributed by atoms with Crippen molar-refractivity contribution >= 4 is 33.2 Å². The molecular weight excluding hydrogens is 532 g/mol. The number of anilines is 1. The fourth-order valence-corrected chi connectivity index (χ4v) is 5.64. The first kappa shape index (κ1) is 30.3. The molecule has 2 amide bonds. The van der Waals surface area contributed by atoms with Crippen LogP contribution in [-0.4, -0.2) is 49.2 Å². The zero-order valence-corrected chi connectivity index (χ0v) is 23.4. The summed E-state index contributed by atoms with van der Waals surface area (Å²) in [7, 11) is -4.31. The lowest BCUT2D eigenvalue weighted by atomic mass is 10.1. The summed E-state index contributed by atoms with van der Waals surface area (Å²) in [6.07, 6.45) is 1.97. The van der Waals surface area contributed by atoms with Gasteiger partial charge in [0.15, 0.2) is 0 Å². The van der Waals surface area contributed by atoms with Gasteiger partial charge in [-0.15, -0.1) is 0 Å². The molecule has 0 spiro atoms. The number of benzene rings is 3. The summed E-state index contributed by atoms with van der Waals surface area (Å²) in [5.74, 6) is -0.944. The maximum absolute atomic E-state index is 14.0. The van der Waals surface area contributed by atoms with Crippen LogP contribution in [0.25, 0.3) is 0 Å². The Morgan fingerprint density at radius 1 is 0.950 bits per heavy atom. The molecule has 0 saturated heterocycles. The molecule has 0 bridgehead atoms. The van der Waals surface area contributed by atoms with Crippen molar-refractivity contribution in [3.8, 4) is 0 Å². The topological polar surface area (TPSA) is 130 Å². The number of unbranched alkanes of at least 4 members (excludes halogenated alkanes) is 1. The van der Waals surface area contributed by atoms with Gasteiger partial charge in [0.2, 0.25) is 11.8 Å². The molecular formula is C29H34N4O6S. The number of carbonyl (C=O) groups is 2. The van der Waals surface area contributed by atoms with Crippen molar-refractivity contribution in [3.05, 3.63) is 101 Å². The van der Waals surface area contributed by atoms with Crippen molar-refractivity contribution < 1.29 is 22.9 Å². The molecule has 1 atom stereocenters. The first-order valence-electron chi connectivity index (χ1n) is 13.1. The van der Waals surface area contributed by atoms with Gasteiger partial charge in [0.25, 0.3) is 15.7 Å². The van der Waals surface area contributed by atoms with E-state index in [4.69, 9.17) is 0 Å². The minimum absolute atomic E-state index is 0.0356. The van der Waals surface area contributed by atoms with E-state index in [1.165, 1.54) is 35.2 Å². The molecule has 40 heavy (non-hydrogen) atoms. The normalized spacial score (nSPS) is 11.8. The Bertz CT molecular complexity index is 1400. The van der Waals surface area contributed by atoms with Gasteiger partial charge in [-0.1, -0.05) is 74.9 Å². The van der Waals surface area contributed by atoms with Crippen molar-refractivity contribution in [1.82, 2.24) is 10.2 Å². The van der Waals surface area contributed by atoms with Gasteiger partial charge in [-0.25, -0.2) is 8.42 Å². The maximum atomic E-state index is 14.0. The third-order valence-corrected chi connectivity index (χ3v) is 8.14. The number of nitro groups is 1. The van der Waals surface area contributed by atoms with Gasteiger partial charge in [0, 0.05) is 25.2 Å². The lowest BCUT2D eigenvalue weighted by molar-refractivity contribution is -0.384. The van der Waals surface area contributed by atoms with E-state index < -0.39 is 33.4 Å². The maximum Gasteiger partial charge on any atom is 0.271 e. The molecule has 0 aromatic heterocycles. The fraction of sp³-hybridized carbons (Fsp3) is 0.310. The summed E-state index contributed by atoms with van der Waals surface area (Å²) in [6, 6.07) is 20.9. The summed E-state index contributed by atoms with van der Waals surface area (Å²) in [4.78, 5) is 39.3. The molecule has 0 radical (unpaired) electrons. The molecule has 3 aromatic rings. The first-order valence-corrected chi connectivity index (χ1v) is 14.6. The second kappa shape index (κ2) is 14.2. The van der Waals surface area contributed by atoms with Crippen LogP contribution in [-0.2, 0) is 26.2 Å². The van der Waals surface area contributed by atoms with Crippen molar-refractivity contribution in [1.29, 1.82) is 0 Å². The van der Waals surface area contributed by atoms with E-state index in [9.17, 15) is 28.1 Å². The van der Waals surface area contributed by atoms with Crippen LogP contribution in [0.5, 0.6) is 0 Å². The van der Waals surface area contributed by atoms with E-state index in [1.807, 2.05) is 37.3 Å². The summed E-state index contributed by atoms with van der Waals surface area (Å²) in [5, 5.41) is 14.3. The first-order chi connectivity index (χ1) is 19.2. The number of carbonyl (C=O) groups excluding carboxylic acids is 2. The number of non-ortho nitro benzene ring substituents is 1. The molecule has 1 N–H and O–H groups in total. The standard InChI is InChI=1S/C29H34N4O6S/c1-3-5-19-30-29(35)27(4-2)31(21-23-13-8-6-9-14-23)28(34)22-32(24-15-12-16-25(20-24)33(36)37)40(38,39)26-17-10-7-11-18-26/h6-18,20,27H,3-5,19,21-22H2,1-2H3,(H,30,35)/t27-/m0/s1. The summed E-state index contributed by atoms with van der Waals surface area (Å²) >= 11 is 0. The summed E-state index contributed by atoms with van der Waals surface area (Å²) in [6.45, 7) is 3.66. The van der Waals surface area contributed by atoms with Gasteiger partial charge >= 0.3 is 0 Å². The highest BCUT2D eigenvalue weighted by atomic mass is 32.2. The van der Waals surface area contributed by atoms with Gasteiger partial charge < -0.3 is 10.2 Å². The van der Waals surface area contributed by atoms with Gasteiger partial charge in [-0.05, 0) is 36.6 Å². The minimum Gasteiger partial charge on any atom is -0.354 e. The highest BCUT2D eigenvalue weighted by Gasteiger charge is 2.34. The molecule has 11 heteroatoms. The molecule has 212 valence electrons. The Morgan fingerprint density at radius 2 is 1.60 bits per heavy atom. The summed E-state index contributed by atoms with van der Waals surface area (Å²) in [5.41, 5.74) is 0.413. The Balaban J connectivity index is 2.05. The van der Waals surface area contributed by atoms with E-state index >= 15 is 0 Å². The van der Waals surface area contributed by atoms with Crippen LogP contribution in [0.15, 0.2) is 89.8 Å². The third kappa shape index (κ3) is 7.66. The van der Waals surface area contributed by atoms with E-state index in [2.05, 4.69) is 5.32 Å². The average Bonchev–Trinajstić information content (AvgIpc) is 2.96. The molecule has 0 fully saturated rings. The minimum atomic E-state index is -4.31. The predicted molar refractivity (Wildman–Crippen MR) is 153 cm³/mol. The highest BCUT2D eigenvalue weighted by molar-refractivity contribution is 7.92. The second-order valence-corrected chi connectivity index (χ2v) is 11.0. The smallest absolute Gasteiger partial charge is 0.271 e. The Hall–Kier alpha value is -4.25. The Labute approximate surface area is 234 Å². The van der Waals surface area contributed by atoms with E-state index in [0.717, 1.165) is 28.8 Å². The molecule has 0 heterocycles. The van der Waals surface area contributed by atoms with Crippen LogP contribution < -0.4 is 9.62 Å². The molecule has 3 aromatic carbocycles. The van der Waals surface area contributed by atoms with Crippen LogP contribution in [0.2, 0.25) is 0 Å². The van der Waals surface area contributed by atoms with Crippen LogP contribution in [0.3, 0.4) is 0 Å². The van der Waals surface area contributed by atoms with Crippen LogP contribution >= 0.6 is 0 Å². The fourth-order valence-electron chi connectivity index (χ4n) is 4.22. The Morgan fingerprint density at radius 3 is 2.20 bits per heavy atom. The number of nitrogens with zero attached hydrogens (tertiary/aromatic N) is 3. The molecule has 0 saturated carbocycles. The van der Waals surface area contributed by atoms with E-state index in [-0.39, 0.29) is 28.7 Å². The number of amides is 2. The number of rotatable bonds is 14. The second-order valence-electron chi connectivity index (χ2n) is 9.18. The Kier molecular flexibility index (Phi) is 10.8. The number of nitrogens with one attached hydrogen (secondary N) is 1. The van der Waals surface area contributed by atoms with Crippen molar-refractivity contribution in [2.75, 3.05) is 17.4 Å². The lowest BCUT2D eigenvalue weighted by Gasteiger charge is -2.33. The number of nitro benzene ring substituents is 1. The SMILES string of the molecule is CCCCNC(=O)[C@H](CC)N(Cc1ccccc1)C(=O)CN(c1cccc([N+](=O)[O-])c1)S(=O)(=O)c1ccccc1. The monoisotopic (exact) mass is 566 g/mol. The molecule has 0 aliphatic carbocycles. The van der Waals surface area contributed by atoms with Crippen LogP contribution in [0.1, 0.15) is 38.7 Å². The largest absolute Gasteiger partial charge is 0.354 e. The molecule has 0 aliphatic rings. The van der Waals surface area contributed by atoms with Gasteiger partial charge in [0.1, 0.15) is 12.6 Å². The van der Waals surface area contributed by atoms with E-state index in [1.54, 1.807) is 25.1 Å². The molecule has 3 rings (SSSR count). The van der Waals surface area contributed by atoms with Gasteiger partial charge in [0.05, 0.1) is 15.5 Å². The quantitative estimate of drug-likeness (QED) is 0.174. The van der Waals surface area contributed by atoms with Crippen LogP contribution in [0, 0.1) is 10.1 Å². The number of hydrogen-bond donors (Lipinski definition) is 1. The van der Waals surface area contributed by atoms with Crippen molar-refractivity contribution in [2.24, 2.45) is 0 Å². The predicted octanol–water partition coefficient (Wildman–Crippen LogP) is 4.51. The zero-order chi connectivity index (χ0) is 29.1. The number of hydrogen-bond acceptors (Lipinski definition) is 6. The van der Waals surface area contributed by atoms with Gasteiger partial charge in [-0.2, -0.15) is 0 Å².